The number of benzene rings is 2. The Bertz CT molecular complexity index is 595. The molecule has 3 heteroatoms. The Labute approximate surface area is 113 Å². The molecular formula is C16H17NO2. The van der Waals surface area contributed by atoms with Crippen LogP contribution in [0, 0.1) is 0 Å². The molecule has 0 radical (unpaired) electrons. The summed E-state index contributed by atoms with van der Waals surface area (Å²) in [4.78, 5) is 0. The highest BCUT2D eigenvalue weighted by atomic mass is 16.7. The fourth-order valence-electron chi connectivity index (χ4n) is 2.23. The van der Waals surface area contributed by atoms with Crippen molar-refractivity contribution in [3.63, 3.8) is 0 Å². The Morgan fingerprint density at radius 2 is 1.79 bits per heavy atom. The Morgan fingerprint density at radius 1 is 1.00 bits per heavy atom. The van der Waals surface area contributed by atoms with Crippen LogP contribution in [0.15, 0.2) is 42.5 Å². The standard InChI is InChI=1S/C16H17NO2/c1-11(17-2)12-4-3-5-13(8-12)14-6-7-15-16(9-14)19-10-18-15/h3-9,11,17H,10H2,1-2H3. The predicted octanol–water partition coefficient (Wildman–Crippen LogP) is 3.36. The molecule has 0 saturated heterocycles. The Hall–Kier alpha value is -2.00. The highest BCUT2D eigenvalue weighted by Gasteiger charge is 2.14. The molecule has 19 heavy (non-hydrogen) atoms. The van der Waals surface area contributed by atoms with Gasteiger partial charge in [-0.25, -0.2) is 0 Å². The van der Waals surface area contributed by atoms with Crippen LogP contribution < -0.4 is 14.8 Å². The molecule has 1 aliphatic rings. The molecule has 1 heterocycles. The van der Waals surface area contributed by atoms with Gasteiger partial charge in [0.25, 0.3) is 0 Å². The zero-order chi connectivity index (χ0) is 13.2. The van der Waals surface area contributed by atoms with E-state index in [1.807, 2.05) is 19.2 Å². The van der Waals surface area contributed by atoms with Crippen molar-refractivity contribution in [3.8, 4) is 22.6 Å². The zero-order valence-corrected chi connectivity index (χ0v) is 11.1. The third-order valence-corrected chi connectivity index (χ3v) is 3.53. The van der Waals surface area contributed by atoms with Crippen LogP contribution in [0.2, 0.25) is 0 Å². The lowest BCUT2D eigenvalue weighted by molar-refractivity contribution is 0.174. The van der Waals surface area contributed by atoms with Crippen molar-refractivity contribution in [3.05, 3.63) is 48.0 Å². The van der Waals surface area contributed by atoms with Gasteiger partial charge in [0.15, 0.2) is 11.5 Å². The molecule has 1 aliphatic heterocycles. The van der Waals surface area contributed by atoms with E-state index in [1.54, 1.807) is 0 Å². The van der Waals surface area contributed by atoms with E-state index >= 15 is 0 Å². The van der Waals surface area contributed by atoms with Gasteiger partial charge in [0, 0.05) is 6.04 Å². The number of hydrogen-bond donors (Lipinski definition) is 1. The summed E-state index contributed by atoms with van der Waals surface area (Å²) in [6.07, 6.45) is 0. The molecule has 0 amide bonds. The van der Waals surface area contributed by atoms with Gasteiger partial charge in [-0.3, -0.25) is 0 Å². The maximum absolute atomic E-state index is 5.42. The fourth-order valence-corrected chi connectivity index (χ4v) is 2.23. The van der Waals surface area contributed by atoms with Crippen LogP contribution >= 0.6 is 0 Å². The number of hydrogen-bond acceptors (Lipinski definition) is 3. The second-order valence-electron chi connectivity index (χ2n) is 4.70. The maximum Gasteiger partial charge on any atom is 0.231 e. The molecule has 0 spiro atoms. The molecule has 3 nitrogen and oxygen atoms in total. The van der Waals surface area contributed by atoms with E-state index in [-0.39, 0.29) is 0 Å². The Morgan fingerprint density at radius 3 is 2.63 bits per heavy atom. The minimum Gasteiger partial charge on any atom is -0.454 e. The van der Waals surface area contributed by atoms with Crippen LogP contribution in [0.1, 0.15) is 18.5 Å². The van der Waals surface area contributed by atoms with Crippen LogP contribution in [0.5, 0.6) is 11.5 Å². The summed E-state index contributed by atoms with van der Waals surface area (Å²) < 4.78 is 10.8. The van der Waals surface area contributed by atoms with E-state index in [1.165, 1.54) is 11.1 Å². The lowest BCUT2D eigenvalue weighted by atomic mass is 10.00. The summed E-state index contributed by atoms with van der Waals surface area (Å²) in [5.41, 5.74) is 3.62. The van der Waals surface area contributed by atoms with E-state index in [0.29, 0.717) is 12.8 Å². The van der Waals surface area contributed by atoms with E-state index in [9.17, 15) is 0 Å². The van der Waals surface area contributed by atoms with Crippen molar-refractivity contribution in [2.45, 2.75) is 13.0 Å². The van der Waals surface area contributed by atoms with Crippen molar-refractivity contribution in [2.75, 3.05) is 13.8 Å². The van der Waals surface area contributed by atoms with Gasteiger partial charge in [-0.2, -0.15) is 0 Å². The smallest absolute Gasteiger partial charge is 0.231 e. The molecule has 98 valence electrons. The number of fused-ring (bicyclic) bond motifs is 1. The van der Waals surface area contributed by atoms with Gasteiger partial charge < -0.3 is 14.8 Å². The molecule has 3 rings (SSSR count). The highest BCUT2D eigenvalue weighted by molar-refractivity contribution is 5.68. The van der Waals surface area contributed by atoms with Gasteiger partial charge in [-0.1, -0.05) is 24.3 Å². The second kappa shape index (κ2) is 4.94. The zero-order valence-electron chi connectivity index (χ0n) is 11.1. The summed E-state index contributed by atoms with van der Waals surface area (Å²) in [5.74, 6) is 1.65. The number of rotatable bonds is 3. The van der Waals surface area contributed by atoms with Gasteiger partial charge in [-0.05, 0) is 48.9 Å². The van der Waals surface area contributed by atoms with Crippen molar-refractivity contribution in [1.29, 1.82) is 0 Å². The highest BCUT2D eigenvalue weighted by Crippen LogP contribution is 2.36. The minimum atomic E-state index is 0.315. The molecule has 0 bridgehead atoms. The van der Waals surface area contributed by atoms with Crippen molar-refractivity contribution in [2.24, 2.45) is 0 Å². The van der Waals surface area contributed by atoms with Crippen molar-refractivity contribution >= 4 is 0 Å². The molecule has 2 aromatic carbocycles. The average Bonchev–Trinajstić information content (AvgIpc) is 2.94. The van der Waals surface area contributed by atoms with E-state index in [2.05, 4.69) is 42.6 Å². The topological polar surface area (TPSA) is 30.5 Å². The summed E-state index contributed by atoms with van der Waals surface area (Å²) in [7, 11) is 1.97. The summed E-state index contributed by atoms with van der Waals surface area (Å²) in [6.45, 7) is 2.47. The quantitative estimate of drug-likeness (QED) is 0.912. The van der Waals surface area contributed by atoms with Crippen molar-refractivity contribution < 1.29 is 9.47 Å². The second-order valence-corrected chi connectivity index (χ2v) is 4.70. The number of nitrogens with one attached hydrogen (secondary N) is 1. The molecule has 1 atom stereocenters. The largest absolute Gasteiger partial charge is 0.454 e. The SMILES string of the molecule is CNC(C)c1cccc(-c2ccc3c(c2)OCO3)c1. The van der Waals surface area contributed by atoms with Crippen LogP contribution in [0.25, 0.3) is 11.1 Å². The van der Waals surface area contributed by atoms with E-state index in [0.717, 1.165) is 17.1 Å². The van der Waals surface area contributed by atoms with Crippen LogP contribution in [-0.4, -0.2) is 13.8 Å². The first kappa shape index (κ1) is 12.1. The third-order valence-electron chi connectivity index (χ3n) is 3.53. The lowest BCUT2D eigenvalue weighted by Gasteiger charge is -2.12. The maximum atomic E-state index is 5.42. The van der Waals surface area contributed by atoms with Gasteiger partial charge in [0.1, 0.15) is 0 Å². The van der Waals surface area contributed by atoms with E-state index < -0.39 is 0 Å². The van der Waals surface area contributed by atoms with Gasteiger partial charge >= 0.3 is 0 Å². The van der Waals surface area contributed by atoms with Gasteiger partial charge in [0.05, 0.1) is 0 Å². The van der Waals surface area contributed by atoms with Crippen LogP contribution in [-0.2, 0) is 0 Å². The molecule has 1 N–H and O–H groups in total. The average molecular weight is 255 g/mol. The first-order chi connectivity index (χ1) is 9.28. The normalized spacial score (nSPS) is 14.4. The molecule has 0 fully saturated rings. The molecule has 0 aliphatic carbocycles. The molecule has 2 aromatic rings. The first-order valence-corrected chi connectivity index (χ1v) is 6.45. The Balaban J connectivity index is 1.98. The van der Waals surface area contributed by atoms with Crippen molar-refractivity contribution in [1.82, 2.24) is 5.32 Å². The summed E-state index contributed by atoms with van der Waals surface area (Å²) in [6, 6.07) is 14.9. The van der Waals surface area contributed by atoms with Crippen LogP contribution in [0.4, 0.5) is 0 Å². The summed E-state index contributed by atoms with van der Waals surface area (Å²) in [5, 5.41) is 3.26. The summed E-state index contributed by atoms with van der Waals surface area (Å²) >= 11 is 0. The Kier molecular flexibility index (Phi) is 3.13. The van der Waals surface area contributed by atoms with E-state index in [4.69, 9.17) is 9.47 Å². The van der Waals surface area contributed by atoms with Crippen LogP contribution in [0.3, 0.4) is 0 Å². The monoisotopic (exact) mass is 255 g/mol. The third kappa shape index (κ3) is 2.29. The lowest BCUT2D eigenvalue weighted by Crippen LogP contribution is -2.12. The molecular weight excluding hydrogens is 238 g/mol. The molecule has 0 saturated carbocycles. The predicted molar refractivity (Wildman–Crippen MR) is 75.5 cm³/mol. The first-order valence-electron chi connectivity index (χ1n) is 6.45. The molecule has 0 aromatic heterocycles. The minimum absolute atomic E-state index is 0.315. The number of ether oxygens (including phenoxy) is 2. The molecule has 1 unspecified atom stereocenters. The van der Waals surface area contributed by atoms with Gasteiger partial charge in [-0.15, -0.1) is 0 Å². The van der Waals surface area contributed by atoms with Gasteiger partial charge in [0.2, 0.25) is 6.79 Å². The fraction of sp³-hybridized carbons (Fsp3) is 0.250.